The average molecular weight is 370 g/mol. The molecule has 2 fully saturated rings. The van der Waals surface area contributed by atoms with Crippen LogP contribution in [0.25, 0.3) is 0 Å². The predicted octanol–water partition coefficient (Wildman–Crippen LogP) is 4.33. The molecule has 0 heterocycles. The first-order chi connectivity index (χ1) is 12.7. The Labute approximate surface area is 161 Å². The summed E-state index contributed by atoms with van der Waals surface area (Å²) in [5, 5.41) is 0. The van der Waals surface area contributed by atoms with Crippen LogP contribution in [0.1, 0.15) is 72.6 Å². The standard InChI is InChI=1S/C23H30O4/c1-13-11-20-18(17-6-5-16(26)12-19(13)17)7-9-22(4)21(20)8-10-23(22,14(2)24)27-15(3)25/h11,18,20-21H,5-10,12H2,1-4H3/t18-,20-,21+,22+,23-/m1/s1. The van der Waals surface area contributed by atoms with Crippen LogP contribution in [0.4, 0.5) is 0 Å². The van der Waals surface area contributed by atoms with Crippen LogP contribution in [0.2, 0.25) is 0 Å². The van der Waals surface area contributed by atoms with Crippen LogP contribution in [-0.4, -0.2) is 23.1 Å². The normalized spacial score (nSPS) is 40.7. The molecule has 4 nitrogen and oxygen atoms in total. The van der Waals surface area contributed by atoms with Gasteiger partial charge >= 0.3 is 5.97 Å². The SMILES string of the molecule is CC(=O)O[C@@]1(C(C)=O)CC[C@H]2[C@@H]3C=C(C)C4=C(CCC(=O)C4)[C@H]3CC[C@@]21C. The summed E-state index contributed by atoms with van der Waals surface area (Å²) in [5.41, 5.74) is 2.73. The highest BCUT2D eigenvalue weighted by atomic mass is 16.6. The number of fused-ring (bicyclic) bond motifs is 4. The number of rotatable bonds is 2. The molecule has 2 saturated carbocycles. The highest BCUT2D eigenvalue weighted by Gasteiger charge is 2.66. The van der Waals surface area contributed by atoms with E-state index >= 15 is 0 Å². The molecular formula is C23H30O4. The van der Waals surface area contributed by atoms with Crippen molar-refractivity contribution in [3.8, 4) is 0 Å². The van der Waals surface area contributed by atoms with Gasteiger partial charge in [0.1, 0.15) is 5.78 Å². The molecule has 0 radical (unpaired) electrons. The third kappa shape index (κ3) is 2.51. The minimum atomic E-state index is -0.979. The Balaban J connectivity index is 1.73. The molecule has 0 amide bonds. The molecule has 0 unspecified atom stereocenters. The molecule has 4 heteroatoms. The fourth-order valence-electron chi connectivity index (χ4n) is 6.91. The third-order valence-corrected chi connectivity index (χ3v) is 8.14. The summed E-state index contributed by atoms with van der Waals surface area (Å²) < 4.78 is 5.79. The molecule has 0 aliphatic heterocycles. The highest BCUT2D eigenvalue weighted by molar-refractivity contribution is 5.89. The second kappa shape index (κ2) is 6.15. The van der Waals surface area contributed by atoms with E-state index in [1.165, 1.54) is 23.6 Å². The first kappa shape index (κ1) is 18.6. The van der Waals surface area contributed by atoms with Gasteiger partial charge in [-0.2, -0.15) is 0 Å². The predicted molar refractivity (Wildman–Crippen MR) is 102 cm³/mol. The van der Waals surface area contributed by atoms with E-state index < -0.39 is 5.60 Å². The zero-order valence-corrected chi connectivity index (χ0v) is 16.9. The van der Waals surface area contributed by atoms with Crippen molar-refractivity contribution in [3.63, 3.8) is 0 Å². The van der Waals surface area contributed by atoms with Gasteiger partial charge in [0.05, 0.1) is 0 Å². The van der Waals surface area contributed by atoms with Crippen LogP contribution in [0.5, 0.6) is 0 Å². The zero-order chi connectivity index (χ0) is 19.6. The number of ketones is 2. The summed E-state index contributed by atoms with van der Waals surface area (Å²) in [7, 11) is 0. The third-order valence-electron chi connectivity index (χ3n) is 8.14. The fraction of sp³-hybridized carbons (Fsp3) is 0.696. The van der Waals surface area contributed by atoms with Crippen LogP contribution in [0, 0.1) is 23.2 Å². The average Bonchev–Trinajstić information content (AvgIpc) is 2.89. The van der Waals surface area contributed by atoms with Crippen LogP contribution in [0.15, 0.2) is 22.8 Å². The first-order valence-corrected chi connectivity index (χ1v) is 10.3. The van der Waals surface area contributed by atoms with Crippen molar-refractivity contribution in [1.82, 2.24) is 0 Å². The number of allylic oxidation sites excluding steroid dienone is 4. The van der Waals surface area contributed by atoms with Gasteiger partial charge in [0.25, 0.3) is 0 Å². The monoisotopic (exact) mass is 370 g/mol. The molecule has 0 aromatic heterocycles. The summed E-state index contributed by atoms with van der Waals surface area (Å²) in [6, 6.07) is 0. The van der Waals surface area contributed by atoms with Crippen molar-refractivity contribution in [2.45, 2.75) is 78.2 Å². The summed E-state index contributed by atoms with van der Waals surface area (Å²) >= 11 is 0. The molecule has 4 aliphatic rings. The van der Waals surface area contributed by atoms with Crippen molar-refractivity contribution >= 4 is 17.5 Å². The van der Waals surface area contributed by atoms with Gasteiger partial charge in [-0.05, 0) is 69.3 Å². The molecule has 5 atom stereocenters. The lowest BCUT2D eigenvalue weighted by Gasteiger charge is -2.53. The molecule has 27 heavy (non-hydrogen) atoms. The second-order valence-electron chi connectivity index (χ2n) is 9.33. The molecule has 0 spiro atoms. The summed E-state index contributed by atoms with van der Waals surface area (Å²) in [6.07, 6.45) is 7.96. The molecule has 0 bridgehead atoms. The second-order valence-corrected chi connectivity index (χ2v) is 9.33. The number of hydrogen-bond donors (Lipinski definition) is 0. The minimum absolute atomic E-state index is 0.0131. The summed E-state index contributed by atoms with van der Waals surface area (Å²) in [5.74, 6) is 1.18. The van der Waals surface area contributed by atoms with E-state index in [-0.39, 0.29) is 17.2 Å². The minimum Gasteiger partial charge on any atom is -0.451 e. The zero-order valence-electron chi connectivity index (χ0n) is 16.9. The van der Waals surface area contributed by atoms with E-state index in [4.69, 9.17) is 4.74 Å². The Kier molecular flexibility index (Phi) is 4.25. The number of carbonyl (C=O) groups is 3. The maximum absolute atomic E-state index is 12.7. The molecule has 0 N–H and O–H groups in total. The summed E-state index contributed by atoms with van der Waals surface area (Å²) in [4.78, 5) is 36.5. The molecule has 0 aromatic rings. The highest BCUT2D eigenvalue weighted by Crippen LogP contribution is 2.65. The van der Waals surface area contributed by atoms with E-state index in [1.807, 2.05) is 0 Å². The Morgan fingerprint density at radius 2 is 1.89 bits per heavy atom. The fourth-order valence-corrected chi connectivity index (χ4v) is 6.91. The number of hydrogen-bond acceptors (Lipinski definition) is 4. The van der Waals surface area contributed by atoms with Crippen LogP contribution >= 0.6 is 0 Å². The molecule has 4 rings (SSSR count). The smallest absolute Gasteiger partial charge is 0.303 e. The number of carbonyl (C=O) groups excluding carboxylic acids is 3. The maximum Gasteiger partial charge on any atom is 0.303 e. The largest absolute Gasteiger partial charge is 0.451 e. The van der Waals surface area contributed by atoms with Crippen molar-refractivity contribution in [2.24, 2.45) is 23.2 Å². The van der Waals surface area contributed by atoms with Crippen LogP contribution < -0.4 is 0 Å². The molecular weight excluding hydrogens is 340 g/mol. The molecule has 0 aromatic carbocycles. The van der Waals surface area contributed by atoms with Gasteiger partial charge in [-0.1, -0.05) is 24.1 Å². The van der Waals surface area contributed by atoms with Gasteiger partial charge < -0.3 is 4.74 Å². The lowest BCUT2D eigenvalue weighted by Crippen LogP contribution is -2.56. The van der Waals surface area contributed by atoms with Crippen molar-refractivity contribution in [2.75, 3.05) is 0 Å². The molecule has 146 valence electrons. The van der Waals surface area contributed by atoms with Gasteiger partial charge in [0.15, 0.2) is 11.4 Å². The Bertz CT molecular complexity index is 788. The van der Waals surface area contributed by atoms with Gasteiger partial charge in [0, 0.05) is 25.2 Å². The van der Waals surface area contributed by atoms with E-state index in [9.17, 15) is 14.4 Å². The van der Waals surface area contributed by atoms with Crippen LogP contribution in [-0.2, 0) is 19.1 Å². The molecule has 4 aliphatic carbocycles. The molecule has 0 saturated heterocycles. The maximum atomic E-state index is 12.7. The van der Waals surface area contributed by atoms with E-state index in [0.29, 0.717) is 42.8 Å². The van der Waals surface area contributed by atoms with Gasteiger partial charge in [0.2, 0.25) is 0 Å². The Morgan fingerprint density at radius 3 is 2.56 bits per heavy atom. The number of Topliss-reactive ketones (excluding diaryl/α,β-unsaturated/α-hetero) is 2. The Hall–Kier alpha value is -1.71. The lowest BCUT2D eigenvalue weighted by molar-refractivity contribution is -0.183. The quantitative estimate of drug-likeness (QED) is 0.679. The van der Waals surface area contributed by atoms with E-state index in [0.717, 1.165) is 25.7 Å². The Morgan fingerprint density at radius 1 is 1.15 bits per heavy atom. The first-order valence-electron chi connectivity index (χ1n) is 10.3. The van der Waals surface area contributed by atoms with Crippen molar-refractivity contribution in [1.29, 1.82) is 0 Å². The van der Waals surface area contributed by atoms with E-state index in [2.05, 4.69) is 19.9 Å². The topological polar surface area (TPSA) is 60.4 Å². The van der Waals surface area contributed by atoms with E-state index in [1.54, 1.807) is 6.92 Å². The lowest BCUT2D eigenvalue weighted by atomic mass is 9.52. The van der Waals surface area contributed by atoms with Gasteiger partial charge in [-0.3, -0.25) is 14.4 Å². The van der Waals surface area contributed by atoms with Gasteiger partial charge in [-0.15, -0.1) is 0 Å². The summed E-state index contributed by atoms with van der Waals surface area (Å²) in [6.45, 7) is 7.30. The number of ether oxygens (including phenoxy) is 1. The van der Waals surface area contributed by atoms with Crippen molar-refractivity contribution < 1.29 is 19.1 Å². The van der Waals surface area contributed by atoms with Crippen LogP contribution in [0.3, 0.4) is 0 Å². The van der Waals surface area contributed by atoms with Crippen molar-refractivity contribution in [3.05, 3.63) is 22.8 Å². The number of esters is 1. The van der Waals surface area contributed by atoms with Gasteiger partial charge in [-0.25, -0.2) is 0 Å².